The average Bonchev–Trinajstić information content (AvgIpc) is 2.33. The van der Waals surface area contributed by atoms with Gasteiger partial charge in [-0.25, -0.2) is 9.97 Å². The first-order valence-corrected chi connectivity index (χ1v) is 5.98. The summed E-state index contributed by atoms with van der Waals surface area (Å²) in [5, 5.41) is 3.14. The predicted octanol–water partition coefficient (Wildman–Crippen LogP) is 2.52. The second-order valence-corrected chi connectivity index (χ2v) is 4.06. The molecule has 0 aliphatic rings. The standard InChI is InChI=1S/C11H12N4S/c1-16-9-4-2-8(3-5-9)15-11-10(12)6-13-7-14-11/h2-7H,12H2,1H3,(H,13,14,15). The normalized spacial score (nSPS) is 10.1. The van der Waals surface area contributed by atoms with E-state index in [1.807, 2.05) is 30.5 Å². The predicted molar refractivity (Wildman–Crippen MR) is 68.0 cm³/mol. The number of nitrogens with one attached hydrogen (secondary N) is 1. The molecule has 0 spiro atoms. The Labute approximate surface area is 98.3 Å². The number of nitrogen functional groups attached to an aromatic ring is 1. The Bertz CT molecular complexity index is 470. The van der Waals surface area contributed by atoms with Crippen molar-refractivity contribution in [2.45, 2.75) is 4.90 Å². The SMILES string of the molecule is CSc1ccc(Nc2ncncc2N)cc1. The van der Waals surface area contributed by atoms with Gasteiger partial charge in [-0.2, -0.15) is 0 Å². The van der Waals surface area contributed by atoms with Crippen LogP contribution in [0.4, 0.5) is 17.2 Å². The maximum absolute atomic E-state index is 5.73. The van der Waals surface area contributed by atoms with Gasteiger partial charge in [-0.1, -0.05) is 0 Å². The fraction of sp³-hybridized carbons (Fsp3) is 0.0909. The summed E-state index contributed by atoms with van der Waals surface area (Å²) in [7, 11) is 0. The molecule has 3 N–H and O–H groups in total. The van der Waals surface area contributed by atoms with Crippen molar-refractivity contribution in [3.8, 4) is 0 Å². The molecule has 0 saturated heterocycles. The number of anilines is 3. The van der Waals surface area contributed by atoms with Gasteiger partial charge in [0.25, 0.3) is 0 Å². The van der Waals surface area contributed by atoms with Crippen LogP contribution in [-0.4, -0.2) is 16.2 Å². The van der Waals surface area contributed by atoms with Crippen LogP contribution in [0.5, 0.6) is 0 Å². The largest absolute Gasteiger partial charge is 0.394 e. The quantitative estimate of drug-likeness (QED) is 0.796. The van der Waals surface area contributed by atoms with Crippen molar-refractivity contribution in [2.24, 2.45) is 0 Å². The molecule has 0 bridgehead atoms. The maximum atomic E-state index is 5.73. The minimum Gasteiger partial charge on any atom is -0.394 e. The number of rotatable bonds is 3. The number of benzene rings is 1. The highest BCUT2D eigenvalue weighted by atomic mass is 32.2. The highest BCUT2D eigenvalue weighted by molar-refractivity contribution is 7.98. The summed E-state index contributed by atoms with van der Waals surface area (Å²) >= 11 is 1.71. The monoisotopic (exact) mass is 232 g/mol. The first-order valence-electron chi connectivity index (χ1n) is 4.76. The molecule has 0 radical (unpaired) electrons. The van der Waals surface area contributed by atoms with Crippen molar-refractivity contribution in [1.29, 1.82) is 0 Å². The molecule has 0 amide bonds. The smallest absolute Gasteiger partial charge is 0.157 e. The lowest BCUT2D eigenvalue weighted by atomic mass is 10.3. The Hall–Kier alpha value is -1.75. The Kier molecular flexibility index (Phi) is 3.26. The molecule has 2 aromatic rings. The molecule has 16 heavy (non-hydrogen) atoms. The molecule has 0 aliphatic heterocycles. The van der Waals surface area contributed by atoms with Crippen LogP contribution >= 0.6 is 11.8 Å². The van der Waals surface area contributed by atoms with E-state index in [-0.39, 0.29) is 0 Å². The van der Waals surface area contributed by atoms with Gasteiger partial charge in [0.1, 0.15) is 6.33 Å². The summed E-state index contributed by atoms with van der Waals surface area (Å²) in [4.78, 5) is 9.12. The van der Waals surface area contributed by atoms with Crippen LogP contribution in [0.25, 0.3) is 0 Å². The molecular weight excluding hydrogens is 220 g/mol. The first kappa shape index (κ1) is 10.8. The van der Waals surface area contributed by atoms with Crippen molar-refractivity contribution in [1.82, 2.24) is 9.97 Å². The average molecular weight is 232 g/mol. The third-order valence-electron chi connectivity index (χ3n) is 2.09. The number of nitrogens with zero attached hydrogens (tertiary/aromatic N) is 2. The van der Waals surface area contributed by atoms with Crippen LogP contribution in [0.15, 0.2) is 41.7 Å². The van der Waals surface area contributed by atoms with Crippen molar-refractivity contribution in [3.05, 3.63) is 36.8 Å². The van der Waals surface area contributed by atoms with E-state index in [1.165, 1.54) is 11.2 Å². The Balaban J connectivity index is 2.18. The van der Waals surface area contributed by atoms with Gasteiger partial charge in [0.05, 0.1) is 11.9 Å². The van der Waals surface area contributed by atoms with Crippen molar-refractivity contribution in [3.63, 3.8) is 0 Å². The van der Waals surface area contributed by atoms with E-state index in [0.717, 1.165) is 5.69 Å². The summed E-state index contributed by atoms with van der Waals surface area (Å²) in [6, 6.07) is 8.08. The molecule has 0 fully saturated rings. The van der Waals surface area contributed by atoms with Crippen LogP contribution in [0.1, 0.15) is 0 Å². The fourth-order valence-corrected chi connectivity index (χ4v) is 1.66. The zero-order valence-corrected chi connectivity index (χ0v) is 9.66. The molecule has 4 nitrogen and oxygen atoms in total. The van der Waals surface area contributed by atoms with E-state index in [9.17, 15) is 0 Å². The molecule has 5 heteroatoms. The molecule has 0 atom stereocenters. The molecule has 0 unspecified atom stereocenters. The van der Waals surface area contributed by atoms with Crippen molar-refractivity contribution >= 4 is 29.0 Å². The zero-order chi connectivity index (χ0) is 11.4. The van der Waals surface area contributed by atoms with Gasteiger partial charge in [-0.05, 0) is 30.5 Å². The molecule has 1 heterocycles. The highest BCUT2D eigenvalue weighted by Crippen LogP contribution is 2.22. The molecule has 1 aromatic heterocycles. The summed E-state index contributed by atoms with van der Waals surface area (Å²) in [5.74, 6) is 0.631. The van der Waals surface area contributed by atoms with E-state index < -0.39 is 0 Å². The number of hydrogen-bond acceptors (Lipinski definition) is 5. The van der Waals surface area contributed by atoms with E-state index in [0.29, 0.717) is 11.5 Å². The number of nitrogens with two attached hydrogens (primary N) is 1. The molecule has 1 aromatic carbocycles. The van der Waals surface area contributed by atoms with Crippen LogP contribution in [0, 0.1) is 0 Å². The maximum Gasteiger partial charge on any atom is 0.157 e. The van der Waals surface area contributed by atoms with Crippen LogP contribution in [0.3, 0.4) is 0 Å². The van der Waals surface area contributed by atoms with Gasteiger partial charge in [0.2, 0.25) is 0 Å². The van der Waals surface area contributed by atoms with E-state index in [4.69, 9.17) is 5.73 Å². The third kappa shape index (κ3) is 2.43. The Morgan fingerprint density at radius 1 is 1.25 bits per heavy atom. The lowest BCUT2D eigenvalue weighted by Crippen LogP contribution is -1.99. The lowest BCUT2D eigenvalue weighted by molar-refractivity contribution is 1.17. The van der Waals surface area contributed by atoms with Crippen LogP contribution in [-0.2, 0) is 0 Å². The second kappa shape index (κ2) is 4.85. The van der Waals surface area contributed by atoms with Crippen LogP contribution in [0.2, 0.25) is 0 Å². The van der Waals surface area contributed by atoms with E-state index in [2.05, 4.69) is 15.3 Å². The lowest BCUT2D eigenvalue weighted by Gasteiger charge is -2.07. The van der Waals surface area contributed by atoms with Gasteiger partial charge in [-0.15, -0.1) is 11.8 Å². The summed E-state index contributed by atoms with van der Waals surface area (Å²) in [5.41, 5.74) is 7.23. The Morgan fingerprint density at radius 3 is 2.62 bits per heavy atom. The zero-order valence-electron chi connectivity index (χ0n) is 8.84. The minimum absolute atomic E-state index is 0.538. The van der Waals surface area contributed by atoms with E-state index >= 15 is 0 Å². The topological polar surface area (TPSA) is 63.8 Å². The van der Waals surface area contributed by atoms with Gasteiger partial charge < -0.3 is 11.1 Å². The molecule has 2 rings (SSSR count). The highest BCUT2D eigenvalue weighted by Gasteiger charge is 2.00. The Morgan fingerprint density at radius 2 is 2.00 bits per heavy atom. The van der Waals surface area contributed by atoms with Crippen LogP contribution < -0.4 is 11.1 Å². The number of thioether (sulfide) groups is 1. The first-order chi connectivity index (χ1) is 7.79. The van der Waals surface area contributed by atoms with Crippen molar-refractivity contribution < 1.29 is 0 Å². The molecule has 0 aliphatic carbocycles. The molecule has 82 valence electrons. The summed E-state index contributed by atoms with van der Waals surface area (Å²) in [6.07, 6.45) is 5.09. The molecule has 0 saturated carbocycles. The molecular formula is C11H12N4S. The van der Waals surface area contributed by atoms with Gasteiger partial charge in [-0.3, -0.25) is 0 Å². The fourth-order valence-electron chi connectivity index (χ4n) is 1.26. The summed E-state index contributed by atoms with van der Waals surface area (Å²) in [6.45, 7) is 0. The van der Waals surface area contributed by atoms with E-state index in [1.54, 1.807) is 18.0 Å². The second-order valence-electron chi connectivity index (χ2n) is 3.18. The number of aromatic nitrogens is 2. The third-order valence-corrected chi connectivity index (χ3v) is 2.84. The number of hydrogen-bond donors (Lipinski definition) is 2. The minimum atomic E-state index is 0.538. The van der Waals surface area contributed by atoms with Gasteiger partial charge in [0, 0.05) is 10.6 Å². The summed E-state index contributed by atoms with van der Waals surface area (Å²) < 4.78 is 0. The van der Waals surface area contributed by atoms with Gasteiger partial charge >= 0.3 is 0 Å². The van der Waals surface area contributed by atoms with Crippen molar-refractivity contribution in [2.75, 3.05) is 17.3 Å². The van der Waals surface area contributed by atoms with Gasteiger partial charge in [0.15, 0.2) is 5.82 Å².